The first-order chi connectivity index (χ1) is 12.6. The molecule has 2 aliphatic rings. The van der Waals surface area contributed by atoms with Gasteiger partial charge in [-0.25, -0.2) is 0 Å². The lowest BCUT2D eigenvalue weighted by Crippen LogP contribution is -2.41. The van der Waals surface area contributed by atoms with Crippen LogP contribution in [0, 0.1) is 11.8 Å². The smallest absolute Gasteiger partial charge is 0.222 e. The van der Waals surface area contributed by atoms with Gasteiger partial charge in [0.25, 0.3) is 0 Å². The quantitative estimate of drug-likeness (QED) is 0.788. The van der Waals surface area contributed by atoms with E-state index in [4.69, 9.17) is 5.73 Å². The van der Waals surface area contributed by atoms with Crippen LogP contribution in [0.1, 0.15) is 56.9 Å². The summed E-state index contributed by atoms with van der Waals surface area (Å²) in [6.07, 6.45) is 8.80. The molecule has 1 atom stereocenters. The minimum atomic E-state index is -0.202. The van der Waals surface area contributed by atoms with Crippen LogP contribution < -0.4 is 16.0 Å². The Balaban J connectivity index is 1.43. The Labute approximate surface area is 156 Å². The van der Waals surface area contributed by atoms with E-state index in [1.165, 1.54) is 25.7 Å². The van der Waals surface area contributed by atoms with Gasteiger partial charge in [-0.15, -0.1) is 0 Å². The van der Waals surface area contributed by atoms with Crippen molar-refractivity contribution in [1.29, 1.82) is 0 Å². The van der Waals surface area contributed by atoms with Crippen molar-refractivity contribution >= 4 is 17.5 Å². The van der Waals surface area contributed by atoms with E-state index in [2.05, 4.69) is 34.5 Å². The molecule has 0 bridgehead atoms. The number of rotatable bonds is 7. The normalized spacial score (nSPS) is 20.9. The van der Waals surface area contributed by atoms with Gasteiger partial charge >= 0.3 is 0 Å². The number of nitrogens with one attached hydrogen (secondary N) is 1. The fourth-order valence-electron chi connectivity index (χ4n) is 4.19. The molecule has 1 saturated heterocycles. The third kappa shape index (κ3) is 5.23. The summed E-state index contributed by atoms with van der Waals surface area (Å²) in [5.74, 6) is 0.657. The molecule has 1 aromatic carbocycles. The molecule has 2 fully saturated rings. The van der Waals surface area contributed by atoms with E-state index in [1.807, 2.05) is 0 Å². The number of hydrogen-bond donors (Lipinski definition) is 2. The highest BCUT2D eigenvalue weighted by atomic mass is 16.2. The molecule has 0 radical (unpaired) electrons. The van der Waals surface area contributed by atoms with Crippen molar-refractivity contribution in [3.8, 4) is 0 Å². The highest BCUT2D eigenvalue weighted by molar-refractivity contribution is 5.77. The van der Waals surface area contributed by atoms with Crippen molar-refractivity contribution < 1.29 is 9.59 Å². The highest BCUT2D eigenvalue weighted by Crippen LogP contribution is 2.28. The van der Waals surface area contributed by atoms with Crippen molar-refractivity contribution in [2.24, 2.45) is 17.6 Å². The van der Waals surface area contributed by atoms with Crippen LogP contribution in [0.15, 0.2) is 24.3 Å². The van der Waals surface area contributed by atoms with Crippen LogP contribution in [-0.2, 0) is 16.1 Å². The van der Waals surface area contributed by atoms with Crippen LogP contribution in [0.25, 0.3) is 0 Å². The lowest BCUT2D eigenvalue weighted by Gasteiger charge is -2.33. The maximum absolute atomic E-state index is 12.0. The van der Waals surface area contributed by atoms with E-state index >= 15 is 0 Å². The van der Waals surface area contributed by atoms with Gasteiger partial charge in [0.05, 0.1) is 5.92 Å². The van der Waals surface area contributed by atoms with E-state index in [0.717, 1.165) is 43.0 Å². The van der Waals surface area contributed by atoms with Gasteiger partial charge in [0.1, 0.15) is 0 Å². The van der Waals surface area contributed by atoms with Crippen LogP contribution in [0.2, 0.25) is 0 Å². The molecule has 142 valence electrons. The molecule has 5 heteroatoms. The number of amides is 2. The topological polar surface area (TPSA) is 75.4 Å². The average Bonchev–Trinajstić information content (AvgIpc) is 3.19. The summed E-state index contributed by atoms with van der Waals surface area (Å²) in [7, 11) is 0. The third-order valence-corrected chi connectivity index (χ3v) is 5.87. The van der Waals surface area contributed by atoms with Crippen molar-refractivity contribution in [2.75, 3.05) is 18.0 Å². The maximum atomic E-state index is 12.0. The Morgan fingerprint density at radius 3 is 2.50 bits per heavy atom. The number of nitrogens with two attached hydrogens (primary N) is 1. The van der Waals surface area contributed by atoms with E-state index in [1.54, 1.807) is 0 Å². The lowest BCUT2D eigenvalue weighted by molar-refractivity contribution is -0.122. The summed E-state index contributed by atoms with van der Waals surface area (Å²) in [6, 6.07) is 8.26. The number of primary amides is 1. The molecular formula is C21H31N3O2. The highest BCUT2D eigenvalue weighted by Gasteiger charge is 2.24. The zero-order chi connectivity index (χ0) is 18.4. The number of carbonyl (C=O) groups is 2. The molecule has 1 aromatic rings. The Kier molecular flexibility index (Phi) is 6.53. The molecule has 26 heavy (non-hydrogen) atoms. The predicted octanol–water partition coefficient (Wildman–Crippen LogP) is 2.97. The summed E-state index contributed by atoms with van der Waals surface area (Å²) in [6.45, 7) is 2.24. The molecule has 3 rings (SSSR count). The van der Waals surface area contributed by atoms with Crippen molar-refractivity contribution in [1.82, 2.24) is 5.32 Å². The minimum Gasteiger partial charge on any atom is -0.371 e. The molecule has 2 amide bonds. The number of benzene rings is 1. The molecule has 1 unspecified atom stereocenters. The van der Waals surface area contributed by atoms with Gasteiger partial charge in [-0.1, -0.05) is 37.8 Å². The first-order valence-corrected chi connectivity index (χ1v) is 10.0. The fraction of sp³-hybridized carbons (Fsp3) is 0.619. The Morgan fingerprint density at radius 1 is 1.08 bits per heavy atom. The Bertz CT molecular complexity index is 608. The lowest BCUT2D eigenvalue weighted by atomic mass is 9.97. The van der Waals surface area contributed by atoms with Gasteiger partial charge in [0.2, 0.25) is 11.8 Å². The Hall–Kier alpha value is -2.04. The molecule has 1 aliphatic carbocycles. The molecule has 1 heterocycles. The second-order valence-corrected chi connectivity index (χ2v) is 7.82. The summed E-state index contributed by atoms with van der Waals surface area (Å²) in [5, 5.41) is 3.03. The summed E-state index contributed by atoms with van der Waals surface area (Å²) in [4.78, 5) is 25.7. The fourth-order valence-corrected chi connectivity index (χ4v) is 4.19. The van der Waals surface area contributed by atoms with Crippen molar-refractivity contribution in [2.45, 2.75) is 57.9 Å². The molecule has 1 saturated carbocycles. The largest absolute Gasteiger partial charge is 0.371 e. The first-order valence-electron chi connectivity index (χ1n) is 10.0. The summed E-state index contributed by atoms with van der Waals surface area (Å²) < 4.78 is 0. The van der Waals surface area contributed by atoms with Crippen molar-refractivity contribution in [3.63, 3.8) is 0 Å². The number of hydrogen-bond acceptors (Lipinski definition) is 3. The van der Waals surface area contributed by atoms with Crippen LogP contribution in [0.4, 0.5) is 5.69 Å². The molecule has 1 aliphatic heterocycles. The second-order valence-electron chi connectivity index (χ2n) is 7.82. The first kappa shape index (κ1) is 18.7. The number of nitrogens with zero attached hydrogens (tertiary/aromatic N) is 1. The monoisotopic (exact) mass is 357 g/mol. The zero-order valence-electron chi connectivity index (χ0n) is 15.6. The molecular weight excluding hydrogens is 326 g/mol. The number of piperidine rings is 1. The van der Waals surface area contributed by atoms with Gasteiger partial charge in [0, 0.05) is 31.7 Å². The van der Waals surface area contributed by atoms with E-state index in [9.17, 15) is 9.59 Å². The summed E-state index contributed by atoms with van der Waals surface area (Å²) >= 11 is 0. The van der Waals surface area contributed by atoms with Gasteiger partial charge in [-0.3, -0.25) is 9.59 Å². The van der Waals surface area contributed by atoms with Gasteiger partial charge in [-0.2, -0.15) is 0 Å². The van der Waals surface area contributed by atoms with E-state index in [-0.39, 0.29) is 17.7 Å². The van der Waals surface area contributed by atoms with Crippen LogP contribution in [0.5, 0.6) is 0 Å². The van der Waals surface area contributed by atoms with Gasteiger partial charge in [0.15, 0.2) is 0 Å². The molecule has 5 nitrogen and oxygen atoms in total. The number of carbonyl (C=O) groups excluding carboxylic acids is 2. The average molecular weight is 357 g/mol. The van der Waals surface area contributed by atoms with Crippen molar-refractivity contribution in [3.05, 3.63) is 29.8 Å². The van der Waals surface area contributed by atoms with Gasteiger partial charge in [-0.05, 0) is 42.9 Å². The SMILES string of the molecule is NC(=O)C1CCCN(c2ccc(CNC(=O)CCC3CCCC3)cc2)C1. The van der Waals surface area contributed by atoms with Crippen LogP contribution in [0.3, 0.4) is 0 Å². The standard InChI is InChI=1S/C21H31N3O2/c22-21(26)18-6-3-13-24(15-18)19-10-7-17(8-11-19)14-23-20(25)12-9-16-4-1-2-5-16/h7-8,10-11,16,18H,1-6,9,12-15H2,(H2,22,26)(H,23,25). The molecule has 3 N–H and O–H groups in total. The van der Waals surface area contributed by atoms with E-state index in [0.29, 0.717) is 19.5 Å². The second kappa shape index (κ2) is 9.06. The summed E-state index contributed by atoms with van der Waals surface area (Å²) in [5.41, 5.74) is 7.68. The predicted molar refractivity (Wildman–Crippen MR) is 104 cm³/mol. The number of anilines is 1. The third-order valence-electron chi connectivity index (χ3n) is 5.87. The Morgan fingerprint density at radius 2 is 1.81 bits per heavy atom. The maximum Gasteiger partial charge on any atom is 0.222 e. The van der Waals surface area contributed by atoms with Crippen LogP contribution in [-0.4, -0.2) is 24.9 Å². The van der Waals surface area contributed by atoms with Gasteiger partial charge < -0.3 is 16.0 Å². The van der Waals surface area contributed by atoms with E-state index < -0.39 is 0 Å². The molecule has 0 spiro atoms. The minimum absolute atomic E-state index is 0.0532. The zero-order valence-corrected chi connectivity index (χ0v) is 15.6. The molecule has 0 aromatic heterocycles. The van der Waals surface area contributed by atoms with Crippen LogP contribution >= 0.6 is 0 Å².